The lowest BCUT2D eigenvalue weighted by Crippen LogP contribution is -2.34. The van der Waals surface area contributed by atoms with Crippen LogP contribution in [0.15, 0.2) is 35.1 Å². The Balaban J connectivity index is 1.61. The van der Waals surface area contributed by atoms with Gasteiger partial charge in [0.05, 0.1) is 13.7 Å². The number of rotatable bonds is 6. The summed E-state index contributed by atoms with van der Waals surface area (Å²) in [5.41, 5.74) is 0.506. The highest BCUT2D eigenvalue weighted by Gasteiger charge is 2.21. The third kappa shape index (κ3) is 3.77. The normalized spacial score (nSPS) is 13.0. The Bertz CT molecular complexity index is 888. The van der Waals surface area contributed by atoms with Crippen molar-refractivity contribution in [3.8, 4) is 11.5 Å². The summed E-state index contributed by atoms with van der Waals surface area (Å²) in [7, 11) is 1.55. The molecule has 0 bridgehead atoms. The first-order valence-electron chi connectivity index (χ1n) is 8.43. The van der Waals surface area contributed by atoms with Crippen LogP contribution in [0.1, 0.15) is 39.3 Å². The summed E-state index contributed by atoms with van der Waals surface area (Å²) >= 11 is 0. The number of ether oxygens (including phenoxy) is 2. The number of ketones is 1. The summed E-state index contributed by atoms with van der Waals surface area (Å²) in [6, 6.07) is 8.58. The van der Waals surface area contributed by atoms with E-state index in [-0.39, 0.29) is 24.5 Å². The molecule has 0 unspecified atom stereocenters. The molecular formula is C19H20N2O5. The third-order valence-electron chi connectivity index (χ3n) is 4.21. The van der Waals surface area contributed by atoms with Crippen molar-refractivity contribution < 1.29 is 19.1 Å². The number of aromatic nitrogens is 1. The summed E-state index contributed by atoms with van der Waals surface area (Å²) in [5, 5.41) is 2.63. The number of aryl methyl sites for hydroxylation is 1. The monoisotopic (exact) mass is 356 g/mol. The molecule has 1 aromatic heterocycles. The van der Waals surface area contributed by atoms with Crippen LogP contribution in [0.3, 0.4) is 0 Å². The Kier molecular flexibility index (Phi) is 5.36. The van der Waals surface area contributed by atoms with E-state index in [0.717, 1.165) is 0 Å². The minimum absolute atomic E-state index is 0.0453. The van der Waals surface area contributed by atoms with E-state index in [4.69, 9.17) is 9.47 Å². The SMILES string of the molecule is COc1ccccc1OCCNC(=O)c1cc2c([nH]c1=O)CCCC2=O. The lowest BCUT2D eigenvalue weighted by atomic mass is 9.93. The molecule has 0 saturated carbocycles. The van der Waals surface area contributed by atoms with E-state index in [9.17, 15) is 14.4 Å². The van der Waals surface area contributed by atoms with Crippen molar-refractivity contribution in [2.45, 2.75) is 19.3 Å². The molecule has 2 aromatic rings. The molecule has 7 heteroatoms. The van der Waals surface area contributed by atoms with Gasteiger partial charge in [0.2, 0.25) is 0 Å². The smallest absolute Gasteiger partial charge is 0.261 e. The molecule has 7 nitrogen and oxygen atoms in total. The lowest BCUT2D eigenvalue weighted by molar-refractivity contribution is 0.0945. The zero-order chi connectivity index (χ0) is 18.5. The number of amides is 1. The fourth-order valence-corrected chi connectivity index (χ4v) is 2.90. The van der Waals surface area contributed by atoms with Crippen molar-refractivity contribution in [2.24, 2.45) is 0 Å². The molecule has 0 saturated heterocycles. The summed E-state index contributed by atoms with van der Waals surface area (Å²) in [6.45, 7) is 0.426. The van der Waals surface area contributed by atoms with E-state index in [2.05, 4.69) is 10.3 Å². The van der Waals surface area contributed by atoms with E-state index < -0.39 is 11.5 Å². The lowest BCUT2D eigenvalue weighted by Gasteiger charge is -2.15. The highest BCUT2D eigenvalue weighted by Crippen LogP contribution is 2.25. The number of methoxy groups -OCH3 is 1. The summed E-state index contributed by atoms with van der Waals surface area (Å²) in [4.78, 5) is 39.0. The maximum atomic E-state index is 12.3. The van der Waals surface area contributed by atoms with Crippen molar-refractivity contribution in [1.29, 1.82) is 0 Å². The highest BCUT2D eigenvalue weighted by atomic mass is 16.5. The van der Waals surface area contributed by atoms with Gasteiger partial charge >= 0.3 is 0 Å². The number of carbonyl (C=O) groups excluding carboxylic acids is 2. The van der Waals surface area contributed by atoms with Crippen LogP contribution < -0.4 is 20.3 Å². The highest BCUT2D eigenvalue weighted by molar-refractivity contribution is 6.01. The first kappa shape index (κ1) is 17.7. The van der Waals surface area contributed by atoms with E-state index in [1.54, 1.807) is 19.2 Å². The number of nitrogens with one attached hydrogen (secondary N) is 2. The van der Waals surface area contributed by atoms with Crippen molar-refractivity contribution in [1.82, 2.24) is 10.3 Å². The zero-order valence-corrected chi connectivity index (χ0v) is 14.5. The molecule has 1 aliphatic rings. The molecule has 1 amide bonds. The molecule has 1 aromatic carbocycles. The molecule has 1 heterocycles. The number of hydrogen-bond acceptors (Lipinski definition) is 5. The van der Waals surface area contributed by atoms with Crippen LogP contribution in [0.25, 0.3) is 0 Å². The quantitative estimate of drug-likeness (QED) is 0.768. The van der Waals surface area contributed by atoms with Crippen LogP contribution in [-0.4, -0.2) is 36.9 Å². The van der Waals surface area contributed by atoms with Gasteiger partial charge in [-0.15, -0.1) is 0 Å². The number of aromatic amines is 1. The standard InChI is InChI=1S/C19H20N2O5/c1-25-16-7-2-3-8-17(16)26-10-9-20-18(23)13-11-12-14(21-19(13)24)5-4-6-15(12)22/h2-3,7-8,11H,4-6,9-10H2,1H3,(H,20,23)(H,21,24). The van der Waals surface area contributed by atoms with E-state index in [1.807, 2.05) is 12.1 Å². The molecular weight excluding hydrogens is 336 g/mol. The third-order valence-corrected chi connectivity index (χ3v) is 4.21. The second-order valence-electron chi connectivity index (χ2n) is 5.94. The van der Waals surface area contributed by atoms with Gasteiger partial charge in [-0.2, -0.15) is 0 Å². The van der Waals surface area contributed by atoms with Gasteiger partial charge in [-0.1, -0.05) is 12.1 Å². The van der Waals surface area contributed by atoms with Gasteiger partial charge in [0.1, 0.15) is 12.2 Å². The number of hydrogen-bond donors (Lipinski definition) is 2. The fourth-order valence-electron chi connectivity index (χ4n) is 2.90. The Labute approximate surface area is 150 Å². The molecule has 0 fully saturated rings. The number of para-hydroxylation sites is 2. The Morgan fingerprint density at radius 3 is 2.73 bits per heavy atom. The molecule has 0 spiro atoms. The molecule has 0 radical (unpaired) electrons. The Hall–Kier alpha value is -3.09. The van der Waals surface area contributed by atoms with E-state index >= 15 is 0 Å². The molecule has 1 aliphatic carbocycles. The molecule has 0 aliphatic heterocycles. The average molecular weight is 356 g/mol. The predicted octanol–water partition coefficient (Wildman–Crippen LogP) is 1.71. The second-order valence-corrected chi connectivity index (χ2v) is 5.94. The first-order valence-corrected chi connectivity index (χ1v) is 8.43. The van der Waals surface area contributed by atoms with Crippen LogP contribution >= 0.6 is 0 Å². The van der Waals surface area contributed by atoms with E-state index in [0.29, 0.717) is 42.0 Å². The maximum Gasteiger partial charge on any atom is 0.261 e. The van der Waals surface area contributed by atoms with Crippen molar-refractivity contribution in [3.63, 3.8) is 0 Å². The van der Waals surface area contributed by atoms with Crippen LogP contribution in [0.2, 0.25) is 0 Å². The van der Waals surface area contributed by atoms with Gasteiger partial charge in [0.15, 0.2) is 17.3 Å². The van der Waals surface area contributed by atoms with Gasteiger partial charge < -0.3 is 19.8 Å². The van der Waals surface area contributed by atoms with Crippen LogP contribution in [0.4, 0.5) is 0 Å². The van der Waals surface area contributed by atoms with E-state index in [1.165, 1.54) is 6.07 Å². The topological polar surface area (TPSA) is 97.5 Å². The number of Topliss-reactive ketones (excluding diaryl/α,β-unsaturated/α-hetero) is 1. The zero-order valence-electron chi connectivity index (χ0n) is 14.5. The first-order chi connectivity index (χ1) is 12.6. The largest absolute Gasteiger partial charge is 0.493 e. The number of carbonyl (C=O) groups is 2. The van der Waals surface area contributed by atoms with Gasteiger partial charge in [-0.05, 0) is 31.0 Å². The van der Waals surface area contributed by atoms with Crippen molar-refractivity contribution in [3.05, 3.63) is 57.5 Å². The van der Waals surface area contributed by atoms with Gasteiger partial charge in [-0.25, -0.2) is 0 Å². The summed E-state index contributed by atoms with van der Waals surface area (Å²) in [6.07, 6.45) is 1.80. The van der Waals surface area contributed by atoms with Crippen LogP contribution in [0.5, 0.6) is 11.5 Å². The van der Waals surface area contributed by atoms with Crippen molar-refractivity contribution in [2.75, 3.05) is 20.3 Å². The molecule has 3 rings (SSSR count). The number of H-pyrrole nitrogens is 1. The predicted molar refractivity (Wildman–Crippen MR) is 95.2 cm³/mol. The Morgan fingerprint density at radius 1 is 1.19 bits per heavy atom. The Morgan fingerprint density at radius 2 is 1.96 bits per heavy atom. The van der Waals surface area contributed by atoms with Gasteiger partial charge in [0.25, 0.3) is 11.5 Å². The molecule has 26 heavy (non-hydrogen) atoms. The number of fused-ring (bicyclic) bond motifs is 1. The molecule has 2 N–H and O–H groups in total. The second kappa shape index (κ2) is 7.86. The molecule has 0 atom stereocenters. The summed E-state index contributed by atoms with van der Waals surface area (Å²) in [5.74, 6) is 0.594. The minimum atomic E-state index is -0.531. The fraction of sp³-hybridized carbons (Fsp3) is 0.316. The number of pyridine rings is 1. The maximum absolute atomic E-state index is 12.3. The number of benzene rings is 1. The molecule has 136 valence electrons. The van der Waals surface area contributed by atoms with Gasteiger partial charge in [-0.3, -0.25) is 14.4 Å². The van der Waals surface area contributed by atoms with Crippen molar-refractivity contribution >= 4 is 11.7 Å². The average Bonchev–Trinajstić information content (AvgIpc) is 2.65. The summed E-state index contributed by atoms with van der Waals surface area (Å²) < 4.78 is 10.8. The van der Waals surface area contributed by atoms with Crippen LogP contribution in [-0.2, 0) is 6.42 Å². The van der Waals surface area contributed by atoms with Gasteiger partial charge in [0, 0.05) is 17.7 Å². The minimum Gasteiger partial charge on any atom is -0.493 e. The van der Waals surface area contributed by atoms with Crippen LogP contribution in [0, 0.1) is 0 Å².